The van der Waals surface area contributed by atoms with Crippen LogP contribution in [0.15, 0.2) is 223 Å². The average molecular weight is 758 g/mol. The Balaban J connectivity index is 1.03. The molecular formula is C56H36N2O. The van der Waals surface area contributed by atoms with Crippen molar-refractivity contribution in [2.75, 3.05) is 4.90 Å². The summed E-state index contributed by atoms with van der Waals surface area (Å²) in [6.45, 7) is 0. The number of anilines is 3. The summed E-state index contributed by atoms with van der Waals surface area (Å²) in [6, 6.07) is 63.6. The molecule has 12 aromatic rings. The van der Waals surface area contributed by atoms with Gasteiger partial charge in [0.25, 0.3) is 0 Å². The number of furan rings is 1. The lowest BCUT2D eigenvalue weighted by atomic mass is 9.98. The maximum Gasteiger partial charge on any atom is 0.143 e. The highest BCUT2D eigenvalue weighted by Crippen LogP contribution is 2.45. The number of nitrogens with zero attached hydrogens (tertiary/aromatic N) is 2. The van der Waals surface area contributed by atoms with E-state index in [9.17, 15) is 0 Å². The highest BCUT2D eigenvalue weighted by molar-refractivity contribution is 6.20. The zero-order valence-corrected chi connectivity index (χ0v) is 31.7. The molecular weight excluding hydrogens is 717 g/mol. The fraction of sp³-hybridized carbons (Fsp3) is 0. The van der Waals surface area contributed by atoms with Gasteiger partial charge < -0.3 is 13.9 Å². The second kappa shape index (κ2) is 13.4. The van der Waals surface area contributed by atoms with E-state index >= 15 is 0 Å². The van der Waals surface area contributed by atoms with E-state index in [1.165, 1.54) is 16.3 Å². The van der Waals surface area contributed by atoms with Gasteiger partial charge in [0.15, 0.2) is 0 Å². The van der Waals surface area contributed by atoms with Crippen molar-refractivity contribution in [3.63, 3.8) is 0 Å². The molecule has 12 rings (SSSR count). The molecule has 0 saturated carbocycles. The highest BCUT2D eigenvalue weighted by Gasteiger charge is 2.21. The highest BCUT2D eigenvalue weighted by atomic mass is 16.3. The van der Waals surface area contributed by atoms with Gasteiger partial charge in [0, 0.05) is 38.6 Å². The number of benzene rings is 10. The minimum absolute atomic E-state index is 0.167. The van der Waals surface area contributed by atoms with Crippen LogP contribution < -0.4 is 4.90 Å². The molecule has 3 nitrogen and oxygen atoms in total. The molecule has 2 aromatic heterocycles. The first-order valence-corrected chi connectivity index (χ1v) is 19.8. The van der Waals surface area contributed by atoms with Crippen LogP contribution in [-0.2, 0) is 0 Å². The molecule has 0 spiro atoms. The summed E-state index contributed by atoms with van der Waals surface area (Å²) in [4.78, 5) is 2.22. The number of fused-ring (bicyclic) bond motifs is 9. The quantitative estimate of drug-likeness (QED) is 0.168. The Morgan fingerprint density at radius 3 is 2.00 bits per heavy atom. The van der Waals surface area contributed by atoms with Gasteiger partial charge in [-0.2, -0.15) is 0 Å². The van der Waals surface area contributed by atoms with E-state index in [0.717, 1.165) is 82.9 Å². The molecule has 0 N–H and O–H groups in total. The first-order valence-electron chi connectivity index (χ1n) is 22.3. The number of hydrogen-bond donors (Lipinski definition) is 0. The van der Waals surface area contributed by atoms with Crippen molar-refractivity contribution in [2.45, 2.75) is 0 Å². The van der Waals surface area contributed by atoms with E-state index in [1.54, 1.807) is 0 Å². The number of hydrogen-bond acceptors (Lipinski definition) is 2. The number of para-hydroxylation sites is 2. The fourth-order valence-corrected chi connectivity index (χ4v) is 8.88. The standard InChI is InChI=1S/C56H36N2O/c1-3-12-37(13-4-1)38-24-29-45(30-25-38)57(53-20-11-21-54-55(53)49-32-27-40-14-7-8-17-47(40)56(49)59-54)46-31-26-39-22-23-41(34-43(39)35-46)42-28-33-52-50(36-42)48-18-9-10-19-51(48)58(52)44-15-5-2-6-16-44/h1-36H/i1D,3D,4D,12D,13D. The van der Waals surface area contributed by atoms with Crippen LogP contribution in [0, 0.1) is 0 Å². The van der Waals surface area contributed by atoms with Gasteiger partial charge in [0.2, 0.25) is 0 Å². The van der Waals surface area contributed by atoms with E-state index in [0.29, 0.717) is 5.56 Å². The maximum atomic E-state index is 8.66. The zero-order chi connectivity index (χ0) is 43.2. The third kappa shape index (κ3) is 5.44. The number of aromatic nitrogens is 1. The summed E-state index contributed by atoms with van der Waals surface area (Å²) in [5.74, 6) is 0. The maximum absolute atomic E-state index is 8.66. The van der Waals surface area contributed by atoms with Crippen molar-refractivity contribution in [3.8, 4) is 27.9 Å². The molecule has 0 unspecified atom stereocenters. The predicted molar refractivity (Wildman–Crippen MR) is 249 cm³/mol. The van der Waals surface area contributed by atoms with Crippen molar-refractivity contribution in [3.05, 3.63) is 218 Å². The topological polar surface area (TPSA) is 21.3 Å². The molecule has 0 fully saturated rings. The van der Waals surface area contributed by atoms with Crippen molar-refractivity contribution >= 4 is 82.4 Å². The second-order valence-electron chi connectivity index (χ2n) is 15.0. The normalized spacial score (nSPS) is 12.9. The van der Waals surface area contributed by atoms with Gasteiger partial charge in [-0.3, -0.25) is 0 Å². The van der Waals surface area contributed by atoms with E-state index in [4.69, 9.17) is 11.3 Å². The van der Waals surface area contributed by atoms with Crippen molar-refractivity contribution in [1.82, 2.24) is 4.57 Å². The summed E-state index contributed by atoms with van der Waals surface area (Å²) >= 11 is 0. The Morgan fingerprint density at radius 2 is 1.12 bits per heavy atom. The molecule has 0 aliphatic rings. The van der Waals surface area contributed by atoms with Crippen LogP contribution in [0.2, 0.25) is 0 Å². The lowest BCUT2D eigenvalue weighted by Gasteiger charge is -2.27. The molecule has 0 atom stereocenters. The van der Waals surface area contributed by atoms with Gasteiger partial charge in [-0.15, -0.1) is 0 Å². The summed E-state index contributed by atoms with van der Waals surface area (Å²) in [5, 5.41) is 8.67. The Kier molecular flexibility index (Phi) is 6.46. The zero-order valence-electron chi connectivity index (χ0n) is 36.7. The first-order chi connectivity index (χ1) is 31.3. The van der Waals surface area contributed by atoms with Crippen LogP contribution >= 0.6 is 0 Å². The van der Waals surface area contributed by atoms with E-state index in [1.807, 2.05) is 54.6 Å². The Bertz CT molecular complexity index is 3830. The van der Waals surface area contributed by atoms with Gasteiger partial charge in [-0.05, 0) is 117 Å². The summed E-state index contributed by atoms with van der Waals surface area (Å²) in [7, 11) is 0. The van der Waals surface area contributed by atoms with Gasteiger partial charge in [0.05, 0.1) is 29.0 Å². The van der Waals surface area contributed by atoms with Crippen LogP contribution in [0.25, 0.3) is 93.2 Å². The molecule has 3 heteroatoms. The van der Waals surface area contributed by atoms with Gasteiger partial charge in [-0.1, -0.05) is 139 Å². The van der Waals surface area contributed by atoms with Crippen LogP contribution in [0.1, 0.15) is 6.85 Å². The predicted octanol–water partition coefficient (Wildman–Crippen LogP) is 15.8. The molecule has 0 aliphatic carbocycles. The lowest BCUT2D eigenvalue weighted by Crippen LogP contribution is -2.10. The van der Waals surface area contributed by atoms with Gasteiger partial charge in [-0.25, -0.2) is 0 Å². The number of rotatable bonds is 6. The van der Waals surface area contributed by atoms with E-state index in [-0.39, 0.29) is 29.7 Å². The SMILES string of the molecule is [2H]c1c([2H])c([2H])c(-c2ccc(N(c3ccc4ccc(-c5ccc6c(c5)c5ccccc5n6-c5ccccc5)cc4c3)c3cccc4oc5c6ccccc6ccc5c34)cc2)c([2H])c1[2H]. The second-order valence-corrected chi connectivity index (χ2v) is 15.0. The largest absolute Gasteiger partial charge is 0.455 e. The third-order valence-corrected chi connectivity index (χ3v) is 11.6. The average Bonchev–Trinajstić information content (AvgIpc) is 3.90. The minimum atomic E-state index is -0.412. The van der Waals surface area contributed by atoms with Crippen molar-refractivity contribution < 1.29 is 11.3 Å². The monoisotopic (exact) mass is 757 g/mol. The molecule has 2 heterocycles. The van der Waals surface area contributed by atoms with Crippen molar-refractivity contribution in [2.24, 2.45) is 0 Å². The van der Waals surface area contributed by atoms with Crippen LogP contribution in [-0.4, -0.2) is 4.57 Å². The van der Waals surface area contributed by atoms with Crippen LogP contribution in [0.4, 0.5) is 17.1 Å². The van der Waals surface area contributed by atoms with E-state index in [2.05, 4.69) is 143 Å². The summed E-state index contributed by atoms with van der Waals surface area (Å²) in [6.07, 6.45) is 0. The minimum Gasteiger partial charge on any atom is -0.455 e. The molecule has 0 bridgehead atoms. The van der Waals surface area contributed by atoms with Gasteiger partial charge >= 0.3 is 0 Å². The Labute approximate surface area is 348 Å². The first kappa shape index (κ1) is 28.5. The lowest BCUT2D eigenvalue weighted by molar-refractivity contribution is 0.672. The van der Waals surface area contributed by atoms with Gasteiger partial charge in [0.1, 0.15) is 11.2 Å². The molecule has 0 saturated heterocycles. The van der Waals surface area contributed by atoms with Crippen LogP contribution in [0.5, 0.6) is 0 Å². The molecule has 59 heavy (non-hydrogen) atoms. The summed E-state index contributed by atoms with van der Waals surface area (Å²) in [5.41, 5.74) is 10.6. The Morgan fingerprint density at radius 1 is 0.424 bits per heavy atom. The Hall–Kier alpha value is -7.88. The van der Waals surface area contributed by atoms with E-state index < -0.39 is 6.04 Å². The molecule has 0 radical (unpaired) electrons. The molecule has 0 amide bonds. The fourth-order valence-electron chi connectivity index (χ4n) is 8.88. The summed E-state index contributed by atoms with van der Waals surface area (Å²) < 4.78 is 51.1. The molecule has 10 aromatic carbocycles. The van der Waals surface area contributed by atoms with Crippen molar-refractivity contribution in [1.29, 1.82) is 0 Å². The third-order valence-electron chi connectivity index (χ3n) is 11.6. The molecule has 0 aliphatic heterocycles. The molecule has 276 valence electrons. The smallest absolute Gasteiger partial charge is 0.143 e. The van der Waals surface area contributed by atoms with Crippen LogP contribution in [0.3, 0.4) is 0 Å².